The number of piperidine rings is 1. The second-order valence-electron chi connectivity index (χ2n) is 9.65. The molecule has 1 aromatic heterocycles. The standard InChI is InChI=1S/C26H36N4O4/c1-19-17-21-7-3-4-8-22(21)30(19)18-23(31)29-13-10-26(11-14-29)9-5-6-15-34-16-12-27-24(32)20(2)28-25(26)33/h3-4,7-8,17,20H,5-6,9-16,18H2,1-2H3,(H,27,32)(H,28,33)/t20-/m0/s1. The van der Waals surface area contributed by atoms with Crippen molar-refractivity contribution in [1.29, 1.82) is 0 Å². The third kappa shape index (κ3) is 5.27. The van der Waals surface area contributed by atoms with Crippen molar-refractivity contribution in [2.75, 3.05) is 32.8 Å². The fraction of sp³-hybridized carbons (Fsp3) is 0.577. The number of fused-ring (bicyclic) bond motifs is 1. The van der Waals surface area contributed by atoms with E-state index in [-0.39, 0.29) is 17.7 Å². The van der Waals surface area contributed by atoms with Crippen LogP contribution in [0, 0.1) is 12.3 Å². The molecule has 1 atom stereocenters. The number of amides is 3. The van der Waals surface area contributed by atoms with E-state index in [0.717, 1.165) is 35.9 Å². The van der Waals surface area contributed by atoms with E-state index in [1.54, 1.807) is 6.92 Å². The van der Waals surface area contributed by atoms with E-state index in [0.29, 0.717) is 52.2 Å². The second-order valence-corrected chi connectivity index (χ2v) is 9.65. The normalized spacial score (nSPS) is 22.4. The van der Waals surface area contributed by atoms with Crippen LogP contribution in [-0.2, 0) is 25.7 Å². The van der Waals surface area contributed by atoms with Gasteiger partial charge < -0.3 is 24.8 Å². The number of ether oxygens (including phenoxy) is 1. The largest absolute Gasteiger partial charge is 0.380 e. The number of likely N-dealkylation sites (tertiary alicyclic amines) is 1. The van der Waals surface area contributed by atoms with Gasteiger partial charge in [0, 0.05) is 37.5 Å². The first kappa shape index (κ1) is 24.3. The SMILES string of the molecule is Cc1cc2ccccc2n1CC(=O)N1CCC2(CCCCOCCNC(=O)[C@H](C)NC2=O)CC1. The highest BCUT2D eigenvalue weighted by molar-refractivity contribution is 5.90. The molecule has 2 N–H and O–H groups in total. The van der Waals surface area contributed by atoms with E-state index in [1.807, 2.05) is 30.0 Å². The Balaban J connectivity index is 1.43. The molecule has 3 amide bonds. The summed E-state index contributed by atoms with van der Waals surface area (Å²) in [5.41, 5.74) is 1.56. The number of nitrogens with zero attached hydrogens (tertiary/aromatic N) is 2. The fourth-order valence-corrected chi connectivity index (χ4v) is 5.15. The number of nitrogens with one attached hydrogen (secondary N) is 2. The van der Waals surface area contributed by atoms with Gasteiger partial charge in [0.2, 0.25) is 17.7 Å². The molecule has 2 aromatic rings. The molecule has 8 heteroatoms. The van der Waals surface area contributed by atoms with Crippen molar-refractivity contribution in [3.8, 4) is 0 Å². The van der Waals surface area contributed by atoms with Crippen molar-refractivity contribution in [1.82, 2.24) is 20.1 Å². The molecule has 0 aliphatic carbocycles. The molecule has 184 valence electrons. The Bertz CT molecular complexity index is 1040. The lowest BCUT2D eigenvalue weighted by Crippen LogP contribution is -2.54. The van der Waals surface area contributed by atoms with Gasteiger partial charge >= 0.3 is 0 Å². The first-order chi connectivity index (χ1) is 16.4. The summed E-state index contributed by atoms with van der Waals surface area (Å²) in [7, 11) is 0. The molecular weight excluding hydrogens is 432 g/mol. The number of hydrogen-bond acceptors (Lipinski definition) is 4. The Kier molecular flexibility index (Phi) is 7.56. The molecule has 4 rings (SSSR count). The maximum absolute atomic E-state index is 13.3. The number of carbonyl (C=O) groups is 3. The van der Waals surface area contributed by atoms with Crippen LogP contribution in [-0.4, -0.2) is 66.1 Å². The van der Waals surface area contributed by atoms with Crippen LogP contribution in [0.5, 0.6) is 0 Å². The molecular formula is C26H36N4O4. The zero-order chi connectivity index (χ0) is 24.1. The highest BCUT2D eigenvalue weighted by Crippen LogP contribution is 2.37. The zero-order valence-electron chi connectivity index (χ0n) is 20.3. The van der Waals surface area contributed by atoms with Crippen LogP contribution >= 0.6 is 0 Å². The Morgan fingerprint density at radius 3 is 2.68 bits per heavy atom. The van der Waals surface area contributed by atoms with E-state index in [4.69, 9.17) is 4.74 Å². The molecule has 1 aromatic carbocycles. The van der Waals surface area contributed by atoms with Gasteiger partial charge in [-0.05, 0) is 57.0 Å². The predicted octanol–water partition coefficient (Wildman–Crippen LogP) is 2.38. The summed E-state index contributed by atoms with van der Waals surface area (Å²) in [6.45, 7) is 6.66. The summed E-state index contributed by atoms with van der Waals surface area (Å²) in [6, 6.07) is 9.60. The summed E-state index contributed by atoms with van der Waals surface area (Å²) in [6.07, 6.45) is 3.70. The number of carbonyl (C=O) groups excluding carboxylic acids is 3. The smallest absolute Gasteiger partial charge is 0.242 e. The summed E-state index contributed by atoms with van der Waals surface area (Å²) in [5, 5.41) is 6.88. The molecule has 2 fully saturated rings. The first-order valence-electron chi connectivity index (χ1n) is 12.4. The number of hydrogen-bond donors (Lipinski definition) is 2. The van der Waals surface area contributed by atoms with Crippen LogP contribution in [0.2, 0.25) is 0 Å². The highest BCUT2D eigenvalue weighted by atomic mass is 16.5. The molecule has 0 bridgehead atoms. The average molecular weight is 469 g/mol. The second kappa shape index (κ2) is 10.6. The number of benzene rings is 1. The number of para-hydroxylation sites is 1. The van der Waals surface area contributed by atoms with Crippen molar-refractivity contribution in [2.45, 2.75) is 58.5 Å². The van der Waals surface area contributed by atoms with Gasteiger partial charge in [-0.1, -0.05) is 24.6 Å². The third-order valence-electron chi connectivity index (χ3n) is 7.35. The highest BCUT2D eigenvalue weighted by Gasteiger charge is 2.42. The van der Waals surface area contributed by atoms with Gasteiger partial charge in [0.15, 0.2) is 0 Å². The van der Waals surface area contributed by atoms with E-state index < -0.39 is 11.5 Å². The predicted molar refractivity (Wildman–Crippen MR) is 130 cm³/mol. The van der Waals surface area contributed by atoms with Gasteiger partial charge in [-0.25, -0.2) is 0 Å². The Morgan fingerprint density at radius 1 is 1.12 bits per heavy atom. The molecule has 1 spiro atoms. The lowest BCUT2D eigenvalue weighted by molar-refractivity contribution is -0.142. The minimum absolute atomic E-state index is 0.0744. The molecule has 2 aliphatic heterocycles. The van der Waals surface area contributed by atoms with Crippen molar-refractivity contribution in [3.05, 3.63) is 36.0 Å². The van der Waals surface area contributed by atoms with Crippen LogP contribution < -0.4 is 10.6 Å². The number of aromatic nitrogens is 1. The molecule has 0 radical (unpaired) electrons. The van der Waals surface area contributed by atoms with Gasteiger partial charge in [0.1, 0.15) is 12.6 Å². The van der Waals surface area contributed by atoms with Gasteiger partial charge in [-0.2, -0.15) is 0 Å². The Hall–Kier alpha value is -2.87. The lowest BCUT2D eigenvalue weighted by Gasteiger charge is -2.41. The van der Waals surface area contributed by atoms with Crippen LogP contribution in [0.4, 0.5) is 0 Å². The van der Waals surface area contributed by atoms with Gasteiger partial charge in [-0.15, -0.1) is 0 Å². The summed E-state index contributed by atoms with van der Waals surface area (Å²) in [4.78, 5) is 40.7. The first-order valence-corrected chi connectivity index (χ1v) is 12.4. The Morgan fingerprint density at radius 2 is 1.88 bits per heavy atom. The molecule has 2 saturated heterocycles. The summed E-state index contributed by atoms with van der Waals surface area (Å²) in [5.74, 6) is -0.201. The summed E-state index contributed by atoms with van der Waals surface area (Å²) < 4.78 is 7.66. The fourth-order valence-electron chi connectivity index (χ4n) is 5.15. The van der Waals surface area contributed by atoms with E-state index in [9.17, 15) is 14.4 Å². The maximum atomic E-state index is 13.3. The van der Waals surface area contributed by atoms with Crippen LogP contribution in [0.15, 0.2) is 30.3 Å². The minimum atomic E-state index is -0.602. The zero-order valence-corrected chi connectivity index (χ0v) is 20.3. The molecule has 8 nitrogen and oxygen atoms in total. The topological polar surface area (TPSA) is 92.7 Å². The average Bonchev–Trinajstić information content (AvgIpc) is 3.15. The van der Waals surface area contributed by atoms with Crippen molar-refractivity contribution < 1.29 is 19.1 Å². The third-order valence-corrected chi connectivity index (χ3v) is 7.35. The quantitative estimate of drug-likeness (QED) is 0.708. The van der Waals surface area contributed by atoms with Crippen molar-refractivity contribution in [2.24, 2.45) is 5.41 Å². The minimum Gasteiger partial charge on any atom is -0.380 e. The van der Waals surface area contributed by atoms with Crippen molar-refractivity contribution in [3.63, 3.8) is 0 Å². The molecule has 2 aliphatic rings. The lowest BCUT2D eigenvalue weighted by atomic mass is 9.73. The maximum Gasteiger partial charge on any atom is 0.242 e. The number of rotatable bonds is 2. The van der Waals surface area contributed by atoms with Gasteiger partial charge in [0.25, 0.3) is 0 Å². The summed E-state index contributed by atoms with van der Waals surface area (Å²) >= 11 is 0. The van der Waals surface area contributed by atoms with Crippen LogP contribution in [0.25, 0.3) is 10.9 Å². The van der Waals surface area contributed by atoms with Crippen molar-refractivity contribution >= 4 is 28.6 Å². The van der Waals surface area contributed by atoms with E-state index in [2.05, 4.69) is 27.3 Å². The number of aryl methyl sites for hydroxylation is 1. The molecule has 0 saturated carbocycles. The van der Waals surface area contributed by atoms with E-state index >= 15 is 0 Å². The van der Waals surface area contributed by atoms with Crippen LogP contribution in [0.1, 0.15) is 44.7 Å². The molecule has 3 heterocycles. The molecule has 34 heavy (non-hydrogen) atoms. The Labute approximate surface area is 201 Å². The van der Waals surface area contributed by atoms with E-state index in [1.165, 1.54) is 0 Å². The van der Waals surface area contributed by atoms with Gasteiger partial charge in [-0.3, -0.25) is 14.4 Å². The van der Waals surface area contributed by atoms with Crippen LogP contribution in [0.3, 0.4) is 0 Å². The molecule has 0 unspecified atom stereocenters. The monoisotopic (exact) mass is 468 g/mol. The van der Waals surface area contributed by atoms with Gasteiger partial charge in [0.05, 0.1) is 12.0 Å².